The van der Waals surface area contributed by atoms with E-state index in [0.29, 0.717) is 0 Å². The lowest BCUT2D eigenvalue weighted by Crippen LogP contribution is -2.20. The third kappa shape index (κ3) is 3.85. The zero-order valence-electron chi connectivity index (χ0n) is 13.3. The second-order valence-corrected chi connectivity index (χ2v) is 7.09. The molecule has 22 heavy (non-hydrogen) atoms. The second kappa shape index (κ2) is 6.48. The summed E-state index contributed by atoms with van der Waals surface area (Å²) in [6.45, 7) is 6.15. The minimum Gasteiger partial charge on any atom is -0.497 e. The zero-order valence-corrected chi connectivity index (χ0v) is 14.2. The molecule has 0 radical (unpaired) electrons. The van der Waals surface area contributed by atoms with Gasteiger partial charge in [0.1, 0.15) is 5.75 Å². The van der Waals surface area contributed by atoms with Crippen LogP contribution in [0.2, 0.25) is 0 Å². The number of aryl methyl sites for hydroxylation is 1. The van der Waals surface area contributed by atoms with Gasteiger partial charge in [0, 0.05) is 10.3 Å². The summed E-state index contributed by atoms with van der Waals surface area (Å²) in [6, 6.07) is 8.02. The minimum atomic E-state index is -0.814. The first-order chi connectivity index (χ1) is 10.3. The molecule has 5 heteroatoms. The van der Waals surface area contributed by atoms with Crippen LogP contribution in [0.15, 0.2) is 24.3 Å². The number of aromatic nitrogens is 1. The molecule has 0 unspecified atom stereocenters. The highest BCUT2D eigenvalue weighted by Gasteiger charge is 2.26. The average molecular weight is 319 g/mol. The monoisotopic (exact) mass is 319 g/mol. The standard InChI is InChI=1S/C17H21NO3S/c1-11-14(9-15(19)20)22-16(18-11)17(2,3)10-12-5-7-13(21-4)8-6-12/h5-8H,9-10H2,1-4H3,(H,19,20). The van der Waals surface area contributed by atoms with Crippen molar-refractivity contribution in [2.24, 2.45) is 0 Å². The van der Waals surface area contributed by atoms with Gasteiger partial charge in [-0.3, -0.25) is 4.79 Å². The van der Waals surface area contributed by atoms with Crippen LogP contribution in [0.3, 0.4) is 0 Å². The number of hydrogen-bond acceptors (Lipinski definition) is 4. The molecule has 0 saturated carbocycles. The molecule has 0 aliphatic heterocycles. The van der Waals surface area contributed by atoms with Gasteiger partial charge in [-0.2, -0.15) is 0 Å². The maximum Gasteiger partial charge on any atom is 0.308 e. The molecule has 0 saturated heterocycles. The summed E-state index contributed by atoms with van der Waals surface area (Å²) in [5.41, 5.74) is 1.89. The Hall–Kier alpha value is -1.88. The Balaban J connectivity index is 2.19. The molecular formula is C17H21NO3S. The molecule has 0 aliphatic carbocycles. The van der Waals surface area contributed by atoms with E-state index < -0.39 is 5.97 Å². The van der Waals surface area contributed by atoms with Crippen molar-refractivity contribution in [2.75, 3.05) is 7.11 Å². The fourth-order valence-corrected chi connectivity index (χ4v) is 3.50. The van der Waals surface area contributed by atoms with Crippen molar-refractivity contribution in [1.82, 2.24) is 4.98 Å². The lowest BCUT2D eigenvalue weighted by molar-refractivity contribution is -0.136. The van der Waals surface area contributed by atoms with Crippen LogP contribution in [0.25, 0.3) is 0 Å². The van der Waals surface area contributed by atoms with Crippen molar-refractivity contribution in [1.29, 1.82) is 0 Å². The van der Waals surface area contributed by atoms with E-state index in [4.69, 9.17) is 9.84 Å². The highest BCUT2D eigenvalue weighted by molar-refractivity contribution is 7.12. The molecule has 0 amide bonds. The molecule has 2 rings (SSSR count). The van der Waals surface area contributed by atoms with Crippen LogP contribution in [-0.2, 0) is 23.1 Å². The fraction of sp³-hybridized carbons (Fsp3) is 0.412. The number of carbonyl (C=O) groups is 1. The number of ether oxygens (including phenoxy) is 1. The van der Waals surface area contributed by atoms with Crippen LogP contribution in [-0.4, -0.2) is 23.2 Å². The third-order valence-corrected chi connectivity index (χ3v) is 5.11. The van der Waals surface area contributed by atoms with Gasteiger partial charge in [-0.15, -0.1) is 11.3 Å². The molecule has 1 heterocycles. The van der Waals surface area contributed by atoms with Gasteiger partial charge in [-0.05, 0) is 31.0 Å². The Labute approximate surface area is 134 Å². The Morgan fingerprint density at radius 3 is 2.50 bits per heavy atom. The summed E-state index contributed by atoms with van der Waals surface area (Å²) < 4.78 is 5.17. The van der Waals surface area contributed by atoms with Crippen molar-refractivity contribution >= 4 is 17.3 Å². The molecule has 4 nitrogen and oxygen atoms in total. The number of nitrogens with zero attached hydrogens (tertiary/aromatic N) is 1. The Kier molecular flexibility index (Phi) is 4.86. The predicted molar refractivity (Wildman–Crippen MR) is 87.9 cm³/mol. The first kappa shape index (κ1) is 16.5. The molecule has 1 aromatic heterocycles. The van der Waals surface area contributed by atoms with Crippen molar-refractivity contribution in [3.63, 3.8) is 0 Å². The second-order valence-electron chi connectivity index (χ2n) is 6.01. The largest absolute Gasteiger partial charge is 0.497 e. The maximum absolute atomic E-state index is 10.9. The minimum absolute atomic E-state index is 0.0438. The van der Waals surface area contributed by atoms with Crippen molar-refractivity contribution in [3.05, 3.63) is 45.4 Å². The first-order valence-corrected chi connectivity index (χ1v) is 7.95. The van der Waals surface area contributed by atoms with Crippen molar-refractivity contribution < 1.29 is 14.6 Å². The van der Waals surface area contributed by atoms with Crippen LogP contribution in [0.4, 0.5) is 0 Å². The molecule has 0 spiro atoms. The highest BCUT2D eigenvalue weighted by atomic mass is 32.1. The van der Waals surface area contributed by atoms with E-state index in [1.165, 1.54) is 16.9 Å². The number of thiazole rings is 1. The SMILES string of the molecule is COc1ccc(CC(C)(C)c2nc(C)c(CC(=O)O)s2)cc1. The summed E-state index contributed by atoms with van der Waals surface area (Å²) in [7, 11) is 1.65. The number of benzene rings is 1. The van der Waals surface area contributed by atoms with Crippen LogP contribution in [0.5, 0.6) is 5.75 Å². The fourth-order valence-electron chi connectivity index (χ4n) is 2.35. The first-order valence-electron chi connectivity index (χ1n) is 7.13. The van der Waals surface area contributed by atoms with Gasteiger partial charge in [0.15, 0.2) is 0 Å². The van der Waals surface area contributed by atoms with Crippen LogP contribution in [0.1, 0.15) is 35.0 Å². The van der Waals surface area contributed by atoms with Crippen molar-refractivity contribution in [3.8, 4) is 5.75 Å². The molecule has 118 valence electrons. The Morgan fingerprint density at radius 2 is 1.95 bits per heavy atom. The molecule has 1 N–H and O–H groups in total. The van der Waals surface area contributed by atoms with E-state index in [9.17, 15) is 4.79 Å². The number of carboxylic acid groups (broad SMARTS) is 1. The van der Waals surface area contributed by atoms with E-state index in [1.54, 1.807) is 7.11 Å². The van der Waals surface area contributed by atoms with E-state index in [2.05, 4.69) is 31.0 Å². The molecule has 2 aromatic rings. The third-order valence-electron chi connectivity index (χ3n) is 3.59. The summed E-state index contributed by atoms with van der Waals surface area (Å²) in [5, 5.41) is 9.94. The number of hydrogen-bond donors (Lipinski definition) is 1. The Morgan fingerprint density at radius 1 is 1.32 bits per heavy atom. The van der Waals surface area contributed by atoms with Crippen LogP contribution < -0.4 is 4.74 Å². The average Bonchev–Trinajstić information content (AvgIpc) is 2.81. The molecule has 0 aliphatic rings. The lowest BCUT2D eigenvalue weighted by Gasteiger charge is -2.22. The van der Waals surface area contributed by atoms with Gasteiger partial charge in [0.2, 0.25) is 0 Å². The highest BCUT2D eigenvalue weighted by Crippen LogP contribution is 2.33. The summed E-state index contributed by atoms with van der Waals surface area (Å²) in [5.74, 6) is 0.0293. The van der Waals surface area contributed by atoms with Gasteiger partial charge in [0.25, 0.3) is 0 Å². The Bertz CT molecular complexity index is 659. The number of rotatable bonds is 6. The number of methoxy groups -OCH3 is 1. The van der Waals surface area contributed by atoms with Gasteiger partial charge in [-0.25, -0.2) is 4.98 Å². The van der Waals surface area contributed by atoms with Crippen LogP contribution in [0, 0.1) is 6.92 Å². The summed E-state index contributed by atoms with van der Waals surface area (Å²) in [6.07, 6.45) is 0.887. The molecule has 0 atom stereocenters. The smallest absolute Gasteiger partial charge is 0.308 e. The predicted octanol–water partition coefficient (Wildman–Crippen LogP) is 3.61. The summed E-state index contributed by atoms with van der Waals surface area (Å²) in [4.78, 5) is 16.3. The normalized spacial score (nSPS) is 11.5. The van der Waals surface area contributed by atoms with Gasteiger partial charge >= 0.3 is 5.97 Å². The van der Waals surface area contributed by atoms with E-state index in [1.807, 2.05) is 19.1 Å². The summed E-state index contributed by atoms with van der Waals surface area (Å²) >= 11 is 1.51. The number of aliphatic carboxylic acids is 1. The molecule has 1 aromatic carbocycles. The topological polar surface area (TPSA) is 59.4 Å². The molecule has 0 fully saturated rings. The molecular weight excluding hydrogens is 298 g/mol. The molecule has 0 bridgehead atoms. The van der Waals surface area contributed by atoms with Gasteiger partial charge in [0.05, 0.1) is 24.2 Å². The van der Waals surface area contributed by atoms with Crippen LogP contribution >= 0.6 is 11.3 Å². The van der Waals surface area contributed by atoms with E-state index >= 15 is 0 Å². The maximum atomic E-state index is 10.9. The van der Waals surface area contributed by atoms with Crippen molar-refractivity contribution in [2.45, 2.75) is 39.0 Å². The number of carboxylic acids is 1. The zero-order chi connectivity index (χ0) is 16.3. The van der Waals surface area contributed by atoms with E-state index in [0.717, 1.165) is 27.7 Å². The van der Waals surface area contributed by atoms with Gasteiger partial charge in [-0.1, -0.05) is 26.0 Å². The lowest BCUT2D eigenvalue weighted by atomic mass is 9.86. The van der Waals surface area contributed by atoms with Gasteiger partial charge < -0.3 is 9.84 Å². The van der Waals surface area contributed by atoms with E-state index in [-0.39, 0.29) is 11.8 Å². The quantitative estimate of drug-likeness (QED) is 0.883.